The van der Waals surface area contributed by atoms with Gasteiger partial charge in [0.2, 0.25) is 0 Å². The molecule has 0 atom stereocenters. The van der Waals surface area contributed by atoms with Crippen LogP contribution in [0.25, 0.3) is 17.2 Å². The Kier molecular flexibility index (Phi) is 2.97. The molecule has 0 aliphatic carbocycles. The average molecular weight is 291 g/mol. The van der Waals surface area contributed by atoms with Gasteiger partial charge in [-0.3, -0.25) is 9.08 Å². The highest BCUT2D eigenvalue weighted by molar-refractivity contribution is 6.32. The molecule has 0 saturated carbocycles. The second-order valence-electron chi connectivity index (χ2n) is 4.74. The number of hydrogen-bond donors (Lipinski definition) is 0. The summed E-state index contributed by atoms with van der Waals surface area (Å²) in [4.78, 5) is 4.28. The fourth-order valence-corrected chi connectivity index (χ4v) is 2.56. The molecular weight excluding hydrogens is 276 g/mol. The van der Waals surface area contributed by atoms with E-state index in [9.17, 15) is 0 Å². The monoisotopic (exact) mass is 290 g/mol. The Bertz CT molecular complexity index is 801. The lowest BCUT2D eigenvalue weighted by Gasteiger charge is -2.08. The minimum Gasteiger partial charge on any atom is -0.274 e. The van der Waals surface area contributed by atoms with E-state index in [0.29, 0.717) is 10.8 Å². The third-order valence-electron chi connectivity index (χ3n) is 3.40. The van der Waals surface area contributed by atoms with Crippen LogP contribution in [0.15, 0.2) is 6.07 Å². The molecule has 104 valence electrons. The van der Waals surface area contributed by atoms with Gasteiger partial charge >= 0.3 is 0 Å². The Morgan fingerprint density at radius 2 is 1.95 bits per heavy atom. The van der Waals surface area contributed by atoms with E-state index < -0.39 is 0 Å². The smallest absolute Gasteiger partial charge is 0.199 e. The molecule has 0 N–H and O–H groups in total. The van der Waals surface area contributed by atoms with E-state index >= 15 is 0 Å². The van der Waals surface area contributed by atoms with Crippen molar-refractivity contribution in [2.45, 2.75) is 34.2 Å². The van der Waals surface area contributed by atoms with Crippen molar-refractivity contribution >= 4 is 17.2 Å². The standard InChI is InChI=1S/C13H15ClN6/c1-5-19-10(6-7(2)18-19)12-16-17-13-11(14)15-8(3)9(4)20(12)13/h6H,5H2,1-4H3. The molecule has 0 saturated heterocycles. The summed E-state index contributed by atoms with van der Waals surface area (Å²) in [5.74, 6) is 0.743. The highest BCUT2D eigenvalue weighted by Crippen LogP contribution is 2.25. The molecule has 0 bridgehead atoms. The molecule has 0 unspecified atom stereocenters. The van der Waals surface area contributed by atoms with Crippen LogP contribution in [0, 0.1) is 20.8 Å². The number of rotatable bonds is 2. The SMILES string of the molecule is CCn1nc(C)cc1-c1nnc2c(Cl)nc(C)c(C)n12. The van der Waals surface area contributed by atoms with Crippen LogP contribution in [0.4, 0.5) is 0 Å². The summed E-state index contributed by atoms with van der Waals surface area (Å²) in [7, 11) is 0. The molecule has 0 aromatic carbocycles. The zero-order valence-corrected chi connectivity index (χ0v) is 12.6. The Hall–Kier alpha value is -1.95. The van der Waals surface area contributed by atoms with Crippen molar-refractivity contribution < 1.29 is 0 Å². The van der Waals surface area contributed by atoms with Gasteiger partial charge in [0.15, 0.2) is 16.6 Å². The van der Waals surface area contributed by atoms with E-state index in [1.807, 2.05) is 42.8 Å². The number of aromatic nitrogens is 6. The van der Waals surface area contributed by atoms with Crippen molar-refractivity contribution in [2.75, 3.05) is 0 Å². The average Bonchev–Trinajstić information content (AvgIpc) is 2.99. The Morgan fingerprint density at radius 1 is 1.20 bits per heavy atom. The minimum absolute atomic E-state index is 0.367. The second-order valence-corrected chi connectivity index (χ2v) is 5.10. The molecule has 3 heterocycles. The molecule has 3 aromatic heterocycles. The molecule has 6 nitrogen and oxygen atoms in total. The normalized spacial score (nSPS) is 11.4. The fourth-order valence-electron chi connectivity index (χ4n) is 2.31. The van der Waals surface area contributed by atoms with Crippen molar-refractivity contribution in [1.29, 1.82) is 0 Å². The fraction of sp³-hybridized carbons (Fsp3) is 0.385. The summed E-state index contributed by atoms with van der Waals surface area (Å²) in [6.07, 6.45) is 0. The quantitative estimate of drug-likeness (QED) is 0.728. The Labute approximate surface area is 121 Å². The molecular formula is C13H15ClN6. The number of aryl methyl sites for hydroxylation is 4. The van der Waals surface area contributed by atoms with Crippen LogP contribution < -0.4 is 0 Å². The summed E-state index contributed by atoms with van der Waals surface area (Å²) in [6.45, 7) is 8.69. The second kappa shape index (κ2) is 4.56. The summed E-state index contributed by atoms with van der Waals surface area (Å²) in [5, 5.41) is 13.3. The van der Waals surface area contributed by atoms with Gasteiger partial charge in [-0.05, 0) is 33.8 Å². The lowest BCUT2D eigenvalue weighted by atomic mass is 10.3. The molecule has 0 amide bonds. The molecule has 3 rings (SSSR count). The Balaban J connectivity index is 2.37. The van der Waals surface area contributed by atoms with Crippen LogP contribution >= 0.6 is 11.6 Å². The molecule has 3 aromatic rings. The van der Waals surface area contributed by atoms with Gasteiger partial charge in [0.25, 0.3) is 0 Å². The van der Waals surface area contributed by atoms with Crippen molar-refractivity contribution in [3.63, 3.8) is 0 Å². The molecule has 0 fully saturated rings. The number of halogens is 1. The van der Waals surface area contributed by atoms with Crippen LogP contribution in [0.3, 0.4) is 0 Å². The highest BCUT2D eigenvalue weighted by atomic mass is 35.5. The van der Waals surface area contributed by atoms with E-state index in [2.05, 4.69) is 20.3 Å². The molecule has 0 spiro atoms. The predicted octanol–water partition coefficient (Wildman–Crippen LogP) is 2.59. The van der Waals surface area contributed by atoms with E-state index in [1.165, 1.54) is 0 Å². The third kappa shape index (κ3) is 1.79. The largest absolute Gasteiger partial charge is 0.274 e. The maximum atomic E-state index is 6.16. The first-order chi connectivity index (χ1) is 9.52. The highest BCUT2D eigenvalue weighted by Gasteiger charge is 2.18. The maximum Gasteiger partial charge on any atom is 0.199 e. The van der Waals surface area contributed by atoms with Crippen LogP contribution in [-0.2, 0) is 6.54 Å². The van der Waals surface area contributed by atoms with Crippen LogP contribution in [0.2, 0.25) is 5.15 Å². The van der Waals surface area contributed by atoms with E-state index in [4.69, 9.17) is 11.6 Å². The van der Waals surface area contributed by atoms with E-state index in [-0.39, 0.29) is 0 Å². The first kappa shape index (κ1) is 13.1. The third-order valence-corrected chi connectivity index (χ3v) is 3.66. The van der Waals surface area contributed by atoms with Gasteiger partial charge < -0.3 is 0 Å². The molecule has 7 heteroatoms. The molecule has 0 aliphatic heterocycles. The number of hydrogen-bond acceptors (Lipinski definition) is 4. The lowest BCUT2D eigenvalue weighted by Crippen LogP contribution is -2.05. The summed E-state index contributed by atoms with van der Waals surface area (Å²) in [5.41, 5.74) is 4.30. The summed E-state index contributed by atoms with van der Waals surface area (Å²) >= 11 is 6.16. The van der Waals surface area contributed by atoms with Gasteiger partial charge in [0.1, 0.15) is 5.69 Å². The Morgan fingerprint density at radius 3 is 2.65 bits per heavy atom. The zero-order valence-electron chi connectivity index (χ0n) is 11.8. The summed E-state index contributed by atoms with van der Waals surface area (Å²) < 4.78 is 3.85. The van der Waals surface area contributed by atoms with Crippen molar-refractivity contribution in [3.8, 4) is 11.5 Å². The summed E-state index contributed by atoms with van der Waals surface area (Å²) in [6, 6.07) is 2.00. The van der Waals surface area contributed by atoms with Gasteiger partial charge in [-0.15, -0.1) is 10.2 Å². The predicted molar refractivity (Wildman–Crippen MR) is 76.9 cm³/mol. The van der Waals surface area contributed by atoms with Crippen LogP contribution in [0.5, 0.6) is 0 Å². The lowest BCUT2D eigenvalue weighted by molar-refractivity contribution is 0.656. The first-order valence-corrected chi connectivity index (χ1v) is 6.83. The zero-order chi connectivity index (χ0) is 14.4. The van der Waals surface area contributed by atoms with E-state index in [1.54, 1.807) is 0 Å². The number of fused-ring (bicyclic) bond motifs is 1. The van der Waals surface area contributed by atoms with Gasteiger partial charge in [-0.25, -0.2) is 4.98 Å². The van der Waals surface area contributed by atoms with Crippen molar-refractivity contribution in [1.82, 2.24) is 29.4 Å². The van der Waals surface area contributed by atoms with Crippen molar-refractivity contribution in [2.24, 2.45) is 0 Å². The minimum atomic E-state index is 0.367. The van der Waals surface area contributed by atoms with Gasteiger partial charge in [-0.2, -0.15) is 5.10 Å². The maximum absolute atomic E-state index is 6.16. The van der Waals surface area contributed by atoms with E-state index in [0.717, 1.165) is 35.1 Å². The van der Waals surface area contributed by atoms with Gasteiger partial charge in [-0.1, -0.05) is 11.6 Å². The van der Waals surface area contributed by atoms with Crippen LogP contribution in [0.1, 0.15) is 24.0 Å². The molecule has 0 aliphatic rings. The first-order valence-electron chi connectivity index (χ1n) is 6.45. The van der Waals surface area contributed by atoms with Crippen LogP contribution in [-0.4, -0.2) is 29.4 Å². The molecule has 0 radical (unpaired) electrons. The molecule has 20 heavy (non-hydrogen) atoms. The topological polar surface area (TPSA) is 60.9 Å². The van der Waals surface area contributed by atoms with Crippen molar-refractivity contribution in [3.05, 3.63) is 28.3 Å². The number of nitrogens with zero attached hydrogens (tertiary/aromatic N) is 6. The van der Waals surface area contributed by atoms with Gasteiger partial charge in [0, 0.05) is 12.2 Å². The van der Waals surface area contributed by atoms with Gasteiger partial charge in [0.05, 0.1) is 11.4 Å².